The Hall–Kier alpha value is -3.18. The van der Waals surface area contributed by atoms with E-state index in [0.717, 1.165) is 12.1 Å². The van der Waals surface area contributed by atoms with E-state index < -0.39 is 39.6 Å². The molecule has 9 nitrogen and oxygen atoms in total. The van der Waals surface area contributed by atoms with Crippen LogP contribution in [0.1, 0.15) is 19.8 Å². The third kappa shape index (κ3) is 5.31. The zero-order chi connectivity index (χ0) is 24.3. The number of halogens is 1. The normalized spacial score (nSPS) is 19.2. The van der Waals surface area contributed by atoms with E-state index in [9.17, 15) is 22.4 Å². The lowest BCUT2D eigenvalue weighted by Crippen LogP contribution is -2.49. The molecule has 0 aliphatic carbocycles. The van der Waals surface area contributed by atoms with Crippen molar-refractivity contribution >= 4 is 27.5 Å². The van der Waals surface area contributed by atoms with Gasteiger partial charge in [-0.2, -0.15) is 4.31 Å². The number of nitrogens with one attached hydrogen (secondary N) is 2. The molecule has 2 atom stereocenters. The molecule has 4 rings (SSSR count). The topological polar surface area (TPSA) is 114 Å². The van der Waals surface area contributed by atoms with Gasteiger partial charge in [0.15, 0.2) is 11.5 Å². The predicted molar refractivity (Wildman–Crippen MR) is 122 cm³/mol. The summed E-state index contributed by atoms with van der Waals surface area (Å²) in [7, 11) is -3.85. The van der Waals surface area contributed by atoms with Crippen LogP contribution in [-0.2, 0) is 19.6 Å². The molecule has 2 aliphatic rings. The van der Waals surface area contributed by atoms with Crippen molar-refractivity contribution in [1.82, 2.24) is 9.62 Å². The van der Waals surface area contributed by atoms with E-state index in [1.165, 1.54) is 16.4 Å². The van der Waals surface area contributed by atoms with Crippen LogP contribution in [0.2, 0.25) is 0 Å². The highest BCUT2D eigenvalue weighted by Crippen LogP contribution is 2.32. The molecule has 1 saturated heterocycles. The van der Waals surface area contributed by atoms with Crippen LogP contribution in [-0.4, -0.2) is 56.9 Å². The number of hydrogen-bond acceptors (Lipinski definition) is 6. The molecule has 0 aromatic heterocycles. The standard InChI is InChI=1S/C23H26FN3O6S/c1-15(22(28)26-18-6-9-20-21(13-18)33-12-11-32-20)25-23(29)16-3-2-10-27(14-16)34(30,31)19-7-4-17(24)5-8-19/h4-9,13,15-16H,2-3,10-12,14H2,1H3,(H,25,29)(H,26,28)/t15-,16-/m0/s1. The minimum absolute atomic E-state index is 0.0119. The molecule has 182 valence electrons. The maximum atomic E-state index is 13.2. The molecule has 0 bridgehead atoms. The van der Waals surface area contributed by atoms with Gasteiger partial charge in [0.2, 0.25) is 21.8 Å². The van der Waals surface area contributed by atoms with Gasteiger partial charge in [0, 0.05) is 24.8 Å². The molecule has 0 radical (unpaired) electrons. The summed E-state index contributed by atoms with van der Waals surface area (Å²) in [4.78, 5) is 25.4. The highest BCUT2D eigenvalue weighted by molar-refractivity contribution is 7.89. The zero-order valence-electron chi connectivity index (χ0n) is 18.6. The Morgan fingerprint density at radius 1 is 1.09 bits per heavy atom. The molecule has 0 unspecified atom stereocenters. The average molecular weight is 492 g/mol. The summed E-state index contributed by atoms with van der Waals surface area (Å²) in [5.41, 5.74) is 0.504. The molecule has 2 aromatic carbocycles. The Kier molecular flexibility index (Phi) is 7.03. The SMILES string of the molecule is C[C@H](NC(=O)[C@H]1CCCN(S(=O)(=O)c2ccc(F)cc2)C1)C(=O)Nc1ccc2c(c1)OCCO2. The van der Waals surface area contributed by atoms with Gasteiger partial charge in [-0.3, -0.25) is 9.59 Å². The van der Waals surface area contributed by atoms with Gasteiger partial charge in [0.25, 0.3) is 0 Å². The number of piperidine rings is 1. The lowest BCUT2D eigenvalue weighted by atomic mass is 9.98. The Bertz CT molecular complexity index is 1170. The second-order valence-corrected chi connectivity index (χ2v) is 10.2. The molecular weight excluding hydrogens is 465 g/mol. The molecule has 34 heavy (non-hydrogen) atoms. The molecule has 2 N–H and O–H groups in total. The maximum absolute atomic E-state index is 13.2. The number of fused-ring (bicyclic) bond motifs is 1. The molecule has 2 heterocycles. The molecule has 2 amide bonds. The number of carbonyl (C=O) groups is 2. The minimum atomic E-state index is -3.85. The molecule has 11 heteroatoms. The minimum Gasteiger partial charge on any atom is -0.486 e. The summed E-state index contributed by atoms with van der Waals surface area (Å²) in [6.45, 7) is 2.70. The molecule has 0 saturated carbocycles. The summed E-state index contributed by atoms with van der Waals surface area (Å²) in [5.74, 6) is -0.819. The number of carbonyl (C=O) groups excluding carboxylic acids is 2. The van der Waals surface area contributed by atoms with Crippen molar-refractivity contribution in [2.45, 2.75) is 30.7 Å². The van der Waals surface area contributed by atoms with Crippen LogP contribution in [0.4, 0.5) is 10.1 Å². The molecule has 1 fully saturated rings. The number of anilines is 1. The van der Waals surface area contributed by atoms with Gasteiger partial charge in [-0.05, 0) is 56.2 Å². The fourth-order valence-electron chi connectivity index (χ4n) is 3.90. The van der Waals surface area contributed by atoms with Crippen molar-refractivity contribution in [3.63, 3.8) is 0 Å². The first-order valence-electron chi connectivity index (χ1n) is 11.0. The largest absolute Gasteiger partial charge is 0.486 e. The Balaban J connectivity index is 1.35. The number of rotatable bonds is 6. The first kappa shape index (κ1) is 24.0. The summed E-state index contributed by atoms with van der Waals surface area (Å²) >= 11 is 0. The van der Waals surface area contributed by atoms with Gasteiger partial charge in [0.1, 0.15) is 25.1 Å². The van der Waals surface area contributed by atoms with E-state index in [2.05, 4.69) is 10.6 Å². The van der Waals surface area contributed by atoms with Crippen LogP contribution < -0.4 is 20.1 Å². The Labute approximate surface area is 197 Å². The summed E-state index contributed by atoms with van der Waals surface area (Å²) in [6.07, 6.45) is 0.994. The van der Waals surface area contributed by atoms with Crippen molar-refractivity contribution < 1.29 is 31.9 Å². The Morgan fingerprint density at radius 2 is 1.79 bits per heavy atom. The van der Waals surface area contributed by atoms with Gasteiger partial charge >= 0.3 is 0 Å². The van der Waals surface area contributed by atoms with E-state index in [1.807, 2.05) is 0 Å². The van der Waals surface area contributed by atoms with E-state index in [4.69, 9.17) is 9.47 Å². The fraction of sp³-hybridized carbons (Fsp3) is 0.391. The second kappa shape index (κ2) is 9.98. The number of amides is 2. The third-order valence-corrected chi connectivity index (χ3v) is 7.65. The maximum Gasteiger partial charge on any atom is 0.246 e. The summed E-state index contributed by atoms with van der Waals surface area (Å²) < 4.78 is 51.2. The smallest absolute Gasteiger partial charge is 0.246 e. The first-order valence-corrected chi connectivity index (χ1v) is 12.4. The van der Waals surface area contributed by atoms with Crippen molar-refractivity contribution in [3.05, 3.63) is 48.3 Å². The lowest BCUT2D eigenvalue weighted by molar-refractivity contribution is -0.129. The van der Waals surface area contributed by atoms with E-state index in [-0.39, 0.29) is 18.0 Å². The van der Waals surface area contributed by atoms with Crippen molar-refractivity contribution in [2.24, 2.45) is 5.92 Å². The first-order chi connectivity index (χ1) is 16.2. The van der Waals surface area contributed by atoms with Crippen molar-refractivity contribution in [3.8, 4) is 11.5 Å². The quantitative estimate of drug-likeness (QED) is 0.640. The van der Waals surface area contributed by atoms with E-state index in [1.54, 1.807) is 25.1 Å². The van der Waals surface area contributed by atoms with Gasteiger partial charge in [-0.25, -0.2) is 12.8 Å². The van der Waals surface area contributed by atoms with E-state index in [0.29, 0.717) is 43.2 Å². The highest BCUT2D eigenvalue weighted by atomic mass is 32.2. The third-order valence-electron chi connectivity index (χ3n) is 5.77. The van der Waals surface area contributed by atoms with Gasteiger partial charge in [-0.15, -0.1) is 0 Å². The summed E-state index contributed by atoms with van der Waals surface area (Å²) in [5, 5.41) is 5.41. The summed E-state index contributed by atoms with van der Waals surface area (Å²) in [6, 6.07) is 8.78. The monoisotopic (exact) mass is 491 g/mol. The van der Waals surface area contributed by atoms with Crippen molar-refractivity contribution in [2.75, 3.05) is 31.6 Å². The zero-order valence-corrected chi connectivity index (χ0v) is 19.4. The van der Waals surface area contributed by atoms with Crippen LogP contribution in [0.3, 0.4) is 0 Å². The molecule has 2 aliphatic heterocycles. The number of nitrogens with zero attached hydrogens (tertiary/aromatic N) is 1. The lowest BCUT2D eigenvalue weighted by Gasteiger charge is -2.31. The van der Waals surface area contributed by atoms with Gasteiger partial charge < -0.3 is 20.1 Å². The van der Waals surface area contributed by atoms with Crippen LogP contribution in [0.25, 0.3) is 0 Å². The number of ether oxygens (including phenoxy) is 2. The number of benzene rings is 2. The van der Waals surface area contributed by atoms with Crippen LogP contribution in [0, 0.1) is 11.7 Å². The molecule has 0 spiro atoms. The Morgan fingerprint density at radius 3 is 2.53 bits per heavy atom. The fourth-order valence-corrected chi connectivity index (χ4v) is 5.42. The number of sulfonamides is 1. The van der Waals surface area contributed by atoms with Crippen LogP contribution in [0.5, 0.6) is 11.5 Å². The van der Waals surface area contributed by atoms with Crippen molar-refractivity contribution in [1.29, 1.82) is 0 Å². The van der Waals surface area contributed by atoms with Crippen LogP contribution >= 0.6 is 0 Å². The highest BCUT2D eigenvalue weighted by Gasteiger charge is 2.34. The molecule has 2 aromatic rings. The van der Waals surface area contributed by atoms with Crippen LogP contribution in [0.15, 0.2) is 47.4 Å². The average Bonchev–Trinajstić information content (AvgIpc) is 2.84. The van der Waals surface area contributed by atoms with E-state index >= 15 is 0 Å². The predicted octanol–water partition coefficient (Wildman–Crippen LogP) is 2.14. The second-order valence-electron chi connectivity index (χ2n) is 8.23. The van der Waals surface area contributed by atoms with Gasteiger partial charge in [-0.1, -0.05) is 0 Å². The molecular formula is C23H26FN3O6S. The number of hydrogen-bond donors (Lipinski definition) is 2. The van der Waals surface area contributed by atoms with Gasteiger partial charge in [0.05, 0.1) is 10.8 Å².